The Kier molecular flexibility index (Phi) is 5.70. The Morgan fingerprint density at radius 1 is 1.29 bits per heavy atom. The smallest absolute Gasteiger partial charge is 0.267 e. The first-order chi connectivity index (χ1) is 11.3. The van der Waals surface area contributed by atoms with E-state index in [1.165, 1.54) is 30.7 Å². The first kappa shape index (κ1) is 18.1. The lowest BCUT2D eigenvalue weighted by Crippen LogP contribution is -2.29. The van der Waals surface area contributed by atoms with Crippen LogP contribution in [0.15, 0.2) is 29.4 Å². The monoisotopic (exact) mass is 331 g/mol. The first-order valence-electron chi connectivity index (χ1n) is 8.43. The normalized spacial score (nSPS) is 18.1. The maximum Gasteiger partial charge on any atom is 0.271 e. The number of benzene rings is 1. The van der Waals surface area contributed by atoms with Crippen molar-refractivity contribution < 1.29 is 9.72 Å². The fraction of sp³-hybridized carbons (Fsp3) is 0.556. The standard InChI is InChI=1S/C18H25N3O3/c1-4-18(2,3)14-7-9-15(10-8-14)19-20-17(22)13-5-11-16(12-6-13)21(23)24/h5-6,11-12,14H,4,7-10H2,1-3H3,(H,20,22). The number of nitrogens with one attached hydrogen (secondary N) is 1. The minimum Gasteiger partial charge on any atom is -0.267 e. The molecule has 0 aromatic heterocycles. The van der Waals surface area contributed by atoms with Gasteiger partial charge in [-0.3, -0.25) is 14.9 Å². The number of rotatable bonds is 5. The molecule has 24 heavy (non-hydrogen) atoms. The van der Waals surface area contributed by atoms with E-state index < -0.39 is 4.92 Å². The van der Waals surface area contributed by atoms with E-state index in [4.69, 9.17) is 0 Å². The van der Waals surface area contributed by atoms with E-state index in [0.29, 0.717) is 16.9 Å². The Morgan fingerprint density at radius 3 is 2.38 bits per heavy atom. The summed E-state index contributed by atoms with van der Waals surface area (Å²) in [6, 6.07) is 5.52. The van der Waals surface area contributed by atoms with E-state index in [9.17, 15) is 14.9 Å². The lowest BCUT2D eigenvalue weighted by Gasteiger charge is -2.36. The molecule has 1 N–H and O–H groups in total. The van der Waals surface area contributed by atoms with Gasteiger partial charge in [0, 0.05) is 23.4 Å². The number of hydrazone groups is 1. The molecule has 0 bridgehead atoms. The first-order valence-corrected chi connectivity index (χ1v) is 8.43. The number of hydrogen-bond donors (Lipinski definition) is 1. The van der Waals surface area contributed by atoms with Crippen molar-refractivity contribution in [2.45, 2.75) is 52.9 Å². The highest BCUT2D eigenvalue weighted by atomic mass is 16.6. The third-order valence-corrected chi connectivity index (χ3v) is 5.24. The molecule has 6 heteroatoms. The fourth-order valence-corrected chi connectivity index (χ4v) is 3.06. The molecule has 0 aliphatic heterocycles. The van der Waals surface area contributed by atoms with E-state index >= 15 is 0 Å². The number of carbonyl (C=O) groups excluding carboxylic acids is 1. The summed E-state index contributed by atoms with van der Waals surface area (Å²) in [5.41, 5.74) is 4.27. The van der Waals surface area contributed by atoms with Crippen LogP contribution < -0.4 is 5.43 Å². The minimum atomic E-state index is -0.488. The van der Waals surface area contributed by atoms with Crippen LogP contribution in [0.2, 0.25) is 0 Å². The highest BCUT2D eigenvalue weighted by molar-refractivity contribution is 5.95. The Bertz CT molecular complexity index is 625. The molecule has 1 aliphatic carbocycles. The van der Waals surface area contributed by atoms with Gasteiger partial charge >= 0.3 is 0 Å². The average molecular weight is 331 g/mol. The molecule has 1 aromatic carbocycles. The number of nitro benzene ring substituents is 1. The van der Waals surface area contributed by atoms with Crippen molar-refractivity contribution in [2.24, 2.45) is 16.4 Å². The average Bonchev–Trinajstić information content (AvgIpc) is 2.60. The van der Waals surface area contributed by atoms with Gasteiger partial charge in [-0.15, -0.1) is 0 Å². The van der Waals surface area contributed by atoms with Crippen molar-refractivity contribution in [3.8, 4) is 0 Å². The molecule has 1 amide bonds. The summed E-state index contributed by atoms with van der Waals surface area (Å²) < 4.78 is 0. The van der Waals surface area contributed by atoms with Crippen LogP contribution in [0.3, 0.4) is 0 Å². The summed E-state index contributed by atoms with van der Waals surface area (Å²) in [4.78, 5) is 22.2. The second-order valence-corrected chi connectivity index (χ2v) is 7.04. The highest BCUT2D eigenvalue weighted by Gasteiger charge is 2.30. The van der Waals surface area contributed by atoms with E-state index in [0.717, 1.165) is 31.4 Å². The van der Waals surface area contributed by atoms with Gasteiger partial charge in [0.15, 0.2) is 0 Å². The molecule has 0 saturated heterocycles. The molecular formula is C18H25N3O3. The maximum absolute atomic E-state index is 12.1. The summed E-state index contributed by atoms with van der Waals surface area (Å²) in [5.74, 6) is 0.361. The van der Waals surface area contributed by atoms with Crippen molar-refractivity contribution in [3.63, 3.8) is 0 Å². The van der Waals surface area contributed by atoms with Crippen LogP contribution >= 0.6 is 0 Å². The predicted octanol–water partition coefficient (Wildman–Crippen LogP) is 4.31. The van der Waals surface area contributed by atoms with Crippen molar-refractivity contribution in [1.82, 2.24) is 5.43 Å². The van der Waals surface area contributed by atoms with E-state index in [-0.39, 0.29) is 11.6 Å². The number of non-ortho nitro benzene ring substituents is 1. The lowest BCUT2D eigenvalue weighted by atomic mass is 9.69. The highest BCUT2D eigenvalue weighted by Crippen LogP contribution is 2.39. The zero-order valence-corrected chi connectivity index (χ0v) is 14.5. The van der Waals surface area contributed by atoms with Crippen LogP contribution in [0.1, 0.15) is 63.2 Å². The Labute approximate surface area is 142 Å². The molecule has 1 aromatic rings. The van der Waals surface area contributed by atoms with Gasteiger partial charge < -0.3 is 0 Å². The molecule has 130 valence electrons. The molecular weight excluding hydrogens is 306 g/mol. The molecule has 0 heterocycles. The molecule has 1 saturated carbocycles. The topological polar surface area (TPSA) is 84.6 Å². The maximum atomic E-state index is 12.1. The quantitative estimate of drug-likeness (QED) is 0.644. The van der Waals surface area contributed by atoms with Gasteiger partial charge in [-0.25, -0.2) is 5.43 Å². The number of hydrogen-bond acceptors (Lipinski definition) is 4. The molecule has 0 atom stereocenters. The molecule has 0 unspecified atom stereocenters. The largest absolute Gasteiger partial charge is 0.271 e. The van der Waals surface area contributed by atoms with Crippen molar-refractivity contribution in [2.75, 3.05) is 0 Å². The predicted molar refractivity (Wildman–Crippen MR) is 94.0 cm³/mol. The summed E-state index contributed by atoms with van der Waals surface area (Å²) in [7, 11) is 0. The van der Waals surface area contributed by atoms with Gasteiger partial charge in [0.2, 0.25) is 0 Å². The van der Waals surface area contributed by atoms with Crippen LogP contribution in [0.25, 0.3) is 0 Å². The van der Waals surface area contributed by atoms with Gasteiger partial charge in [0.1, 0.15) is 0 Å². The Balaban J connectivity index is 1.90. The molecule has 1 fully saturated rings. The SMILES string of the molecule is CCC(C)(C)C1CCC(=NNC(=O)c2ccc([N+](=O)[O-])cc2)CC1. The number of carbonyl (C=O) groups is 1. The summed E-state index contributed by atoms with van der Waals surface area (Å²) in [5, 5.41) is 14.9. The molecule has 0 radical (unpaired) electrons. The van der Waals surface area contributed by atoms with Gasteiger partial charge in [-0.2, -0.15) is 5.10 Å². The Hall–Kier alpha value is -2.24. The van der Waals surface area contributed by atoms with Crippen LogP contribution in [0.4, 0.5) is 5.69 Å². The third-order valence-electron chi connectivity index (χ3n) is 5.24. The summed E-state index contributed by atoms with van der Waals surface area (Å²) in [6.45, 7) is 6.86. The van der Waals surface area contributed by atoms with E-state index in [1.807, 2.05) is 0 Å². The van der Waals surface area contributed by atoms with E-state index in [2.05, 4.69) is 31.3 Å². The molecule has 1 aliphatic rings. The van der Waals surface area contributed by atoms with Gasteiger partial charge in [-0.05, 0) is 49.1 Å². The number of nitrogens with zero attached hydrogens (tertiary/aromatic N) is 2. The Morgan fingerprint density at radius 2 is 1.88 bits per heavy atom. The van der Waals surface area contributed by atoms with Crippen LogP contribution in [-0.4, -0.2) is 16.5 Å². The van der Waals surface area contributed by atoms with Crippen molar-refractivity contribution >= 4 is 17.3 Å². The molecule has 0 spiro atoms. The van der Waals surface area contributed by atoms with E-state index in [1.54, 1.807) is 0 Å². The fourth-order valence-electron chi connectivity index (χ4n) is 3.06. The molecule has 2 rings (SSSR count). The zero-order chi connectivity index (χ0) is 17.7. The van der Waals surface area contributed by atoms with Gasteiger partial charge in [0.25, 0.3) is 11.6 Å². The van der Waals surface area contributed by atoms with Crippen LogP contribution in [0, 0.1) is 21.4 Å². The minimum absolute atomic E-state index is 0.0327. The lowest BCUT2D eigenvalue weighted by molar-refractivity contribution is -0.384. The second kappa shape index (κ2) is 7.55. The van der Waals surface area contributed by atoms with Gasteiger partial charge in [-0.1, -0.05) is 27.2 Å². The third kappa shape index (κ3) is 4.40. The second-order valence-electron chi connectivity index (χ2n) is 7.04. The van der Waals surface area contributed by atoms with Crippen molar-refractivity contribution in [1.29, 1.82) is 0 Å². The number of amides is 1. The van der Waals surface area contributed by atoms with Crippen LogP contribution in [-0.2, 0) is 0 Å². The van der Waals surface area contributed by atoms with Crippen molar-refractivity contribution in [3.05, 3.63) is 39.9 Å². The van der Waals surface area contributed by atoms with Gasteiger partial charge in [0.05, 0.1) is 4.92 Å². The summed E-state index contributed by atoms with van der Waals surface area (Å²) >= 11 is 0. The summed E-state index contributed by atoms with van der Waals surface area (Å²) in [6.07, 6.45) is 5.20. The zero-order valence-electron chi connectivity index (χ0n) is 14.5. The molecule has 6 nitrogen and oxygen atoms in total. The number of nitro groups is 1. The van der Waals surface area contributed by atoms with Crippen LogP contribution in [0.5, 0.6) is 0 Å².